The summed E-state index contributed by atoms with van der Waals surface area (Å²) in [6.07, 6.45) is 6.42. The fourth-order valence-electron chi connectivity index (χ4n) is 2.50. The first-order valence-corrected chi connectivity index (χ1v) is 6.45. The van der Waals surface area contributed by atoms with E-state index in [2.05, 4.69) is 29.2 Å². The lowest BCUT2D eigenvalue weighted by atomic mass is 10.1. The fraction of sp³-hybridized carbons (Fsp3) is 0.571. The Morgan fingerprint density at radius 1 is 1.00 bits per heavy atom. The standard InChI is InChI=1S/C14H22N2/c15-10-9-13-7-3-4-8-14(13)16-11-5-1-2-6-12-16/h3-4,7-8H,1-2,5-6,9-12,15H2. The van der Waals surface area contributed by atoms with E-state index >= 15 is 0 Å². The summed E-state index contributed by atoms with van der Waals surface area (Å²) in [5.41, 5.74) is 8.49. The average molecular weight is 218 g/mol. The molecule has 2 nitrogen and oxygen atoms in total. The van der Waals surface area contributed by atoms with E-state index < -0.39 is 0 Å². The zero-order valence-electron chi connectivity index (χ0n) is 9.99. The Bertz CT molecular complexity index is 314. The van der Waals surface area contributed by atoms with Crippen molar-refractivity contribution in [3.8, 4) is 0 Å². The van der Waals surface area contributed by atoms with Gasteiger partial charge in [-0.1, -0.05) is 31.0 Å². The second kappa shape index (κ2) is 5.90. The van der Waals surface area contributed by atoms with Crippen molar-refractivity contribution >= 4 is 5.69 Å². The molecule has 2 rings (SSSR count). The molecular formula is C14H22N2. The Morgan fingerprint density at radius 2 is 1.69 bits per heavy atom. The monoisotopic (exact) mass is 218 g/mol. The van der Waals surface area contributed by atoms with Gasteiger partial charge in [0.25, 0.3) is 0 Å². The molecule has 2 heteroatoms. The fourth-order valence-corrected chi connectivity index (χ4v) is 2.50. The highest BCUT2D eigenvalue weighted by Crippen LogP contribution is 2.23. The molecule has 0 unspecified atom stereocenters. The molecule has 16 heavy (non-hydrogen) atoms. The first kappa shape index (κ1) is 11.5. The zero-order valence-corrected chi connectivity index (χ0v) is 9.99. The highest BCUT2D eigenvalue weighted by Gasteiger charge is 2.12. The third kappa shape index (κ3) is 2.76. The van der Waals surface area contributed by atoms with Gasteiger partial charge in [-0.25, -0.2) is 0 Å². The lowest BCUT2D eigenvalue weighted by molar-refractivity contribution is 0.726. The van der Waals surface area contributed by atoms with Crippen LogP contribution in [0.5, 0.6) is 0 Å². The molecule has 1 saturated heterocycles. The topological polar surface area (TPSA) is 29.3 Å². The van der Waals surface area contributed by atoms with Crippen LogP contribution in [0, 0.1) is 0 Å². The molecule has 2 N–H and O–H groups in total. The Labute approximate surface area is 98.4 Å². The van der Waals surface area contributed by atoms with Crippen LogP contribution in [-0.4, -0.2) is 19.6 Å². The van der Waals surface area contributed by atoms with E-state index in [1.54, 1.807) is 0 Å². The summed E-state index contributed by atoms with van der Waals surface area (Å²) in [5.74, 6) is 0. The Morgan fingerprint density at radius 3 is 2.38 bits per heavy atom. The van der Waals surface area contributed by atoms with E-state index in [1.807, 2.05) is 0 Å². The first-order chi connectivity index (χ1) is 7.92. The number of hydrogen-bond acceptors (Lipinski definition) is 2. The Balaban J connectivity index is 2.16. The minimum absolute atomic E-state index is 0.741. The number of para-hydroxylation sites is 1. The Hall–Kier alpha value is -1.02. The van der Waals surface area contributed by atoms with Crippen molar-refractivity contribution in [2.45, 2.75) is 32.1 Å². The van der Waals surface area contributed by atoms with Crippen molar-refractivity contribution in [3.05, 3.63) is 29.8 Å². The zero-order chi connectivity index (χ0) is 11.2. The van der Waals surface area contributed by atoms with Crippen LogP contribution in [0.25, 0.3) is 0 Å². The summed E-state index contributed by atoms with van der Waals surface area (Å²) < 4.78 is 0. The predicted molar refractivity (Wildman–Crippen MR) is 69.9 cm³/mol. The number of nitrogens with zero attached hydrogens (tertiary/aromatic N) is 1. The maximum absolute atomic E-state index is 5.67. The summed E-state index contributed by atoms with van der Waals surface area (Å²) in [6.45, 7) is 3.16. The van der Waals surface area contributed by atoms with Crippen molar-refractivity contribution in [3.63, 3.8) is 0 Å². The van der Waals surface area contributed by atoms with Gasteiger partial charge >= 0.3 is 0 Å². The van der Waals surface area contributed by atoms with Gasteiger partial charge < -0.3 is 10.6 Å². The quantitative estimate of drug-likeness (QED) is 0.845. The normalized spacial score (nSPS) is 17.2. The van der Waals surface area contributed by atoms with Gasteiger partial charge in [-0.3, -0.25) is 0 Å². The molecule has 1 aliphatic heterocycles. The summed E-state index contributed by atoms with van der Waals surface area (Å²) >= 11 is 0. The third-order valence-electron chi connectivity index (χ3n) is 3.35. The molecule has 1 aromatic rings. The van der Waals surface area contributed by atoms with Crippen molar-refractivity contribution in [1.82, 2.24) is 0 Å². The number of nitrogens with two attached hydrogens (primary N) is 1. The lowest BCUT2D eigenvalue weighted by Crippen LogP contribution is -2.25. The second-order valence-electron chi connectivity index (χ2n) is 4.57. The molecular weight excluding hydrogens is 196 g/mol. The van der Waals surface area contributed by atoms with Crippen LogP contribution < -0.4 is 10.6 Å². The summed E-state index contributed by atoms with van der Waals surface area (Å²) in [5, 5.41) is 0. The van der Waals surface area contributed by atoms with Crippen LogP contribution in [0.3, 0.4) is 0 Å². The molecule has 1 heterocycles. The van der Waals surface area contributed by atoms with E-state index in [0.717, 1.165) is 13.0 Å². The Kier molecular flexibility index (Phi) is 4.23. The molecule has 0 spiro atoms. The molecule has 0 bridgehead atoms. The maximum Gasteiger partial charge on any atom is 0.0399 e. The molecule has 1 fully saturated rings. The third-order valence-corrected chi connectivity index (χ3v) is 3.35. The summed E-state index contributed by atoms with van der Waals surface area (Å²) in [7, 11) is 0. The van der Waals surface area contributed by atoms with E-state index in [9.17, 15) is 0 Å². The molecule has 1 aliphatic rings. The van der Waals surface area contributed by atoms with E-state index in [-0.39, 0.29) is 0 Å². The minimum Gasteiger partial charge on any atom is -0.371 e. The number of hydrogen-bond donors (Lipinski definition) is 1. The summed E-state index contributed by atoms with van der Waals surface area (Å²) in [4.78, 5) is 2.54. The molecule has 88 valence electrons. The van der Waals surface area contributed by atoms with Gasteiger partial charge in [0.15, 0.2) is 0 Å². The van der Waals surface area contributed by atoms with Gasteiger partial charge in [0.1, 0.15) is 0 Å². The van der Waals surface area contributed by atoms with E-state index in [4.69, 9.17) is 5.73 Å². The van der Waals surface area contributed by atoms with Crippen LogP contribution in [0.4, 0.5) is 5.69 Å². The first-order valence-electron chi connectivity index (χ1n) is 6.45. The van der Waals surface area contributed by atoms with Gasteiger partial charge in [-0.2, -0.15) is 0 Å². The van der Waals surface area contributed by atoms with Crippen molar-refractivity contribution in [2.75, 3.05) is 24.5 Å². The minimum atomic E-state index is 0.741. The van der Waals surface area contributed by atoms with Crippen LogP contribution in [0.1, 0.15) is 31.2 Å². The highest BCUT2D eigenvalue weighted by molar-refractivity contribution is 5.53. The number of rotatable bonds is 3. The maximum atomic E-state index is 5.67. The molecule has 0 radical (unpaired) electrons. The largest absolute Gasteiger partial charge is 0.371 e. The molecule has 1 aromatic carbocycles. The van der Waals surface area contributed by atoms with Gasteiger partial charge in [0.2, 0.25) is 0 Å². The van der Waals surface area contributed by atoms with E-state index in [1.165, 1.54) is 50.0 Å². The number of benzene rings is 1. The molecule has 0 saturated carbocycles. The van der Waals surface area contributed by atoms with Crippen molar-refractivity contribution < 1.29 is 0 Å². The molecule has 0 amide bonds. The predicted octanol–water partition coefficient (Wildman–Crippen LogP) is 2.57. The number of anilines is 1. The molecule has 0 atom stereocenters. The smallest absolute Gasteiger partial charge is 0.0399 e. The SMILES string of the molecule is NCCc1ccccc1N1CCCCCC1. The van der Waals surface area contributed by atoms with E-state index in [0.29, 0.717) is 0 Å². The van der Waals surface area contributed by atoms with Crippen LogP contribution in [0.2, 0.25) is 0 Å². The highest BCUT2D eigenvalue weighted by atomic mass is 15.1. The van der Waals surface area contributed by atoms with Crippen molar-refractivity contribution in [2.24, 2.45) is 5.73 Å². The van der Waals surface area contributed by atoms with Crippen LogP contribution in [-0.2, 0) is 6.42 Å². The lowest BCUT2D eigenvalue weighted by Gasteiger charge is -2.25. The average Bonchev–Trinajstić information content (AvgIpc) is 2.59. The van der Waals surface area contributed by atoms with Crippen LogP contribution in [0.15, 0.2) is 24.3 Å². The summed E-state index contributed by atoms with van der Waals surface area (Å²) in [6, 6.07) is 8.72. The van der Waals surface area contributed by atoms with Crippen LogP contribution >= 0.6 is 0 Å². The molecule has 0 aromatic heterocycles. The van der Waals surface area contributed by atoms with Gasteiger partial charge in [0, 0.05) is 18.8 Å². The van der Waals surface area contributed by atoms with Gasteiger partial charge in [0.05, 0.1) is 0 Å². The van der Waals surface area contributed by atoms with Crippen molar-refractivity contribution in [1.29, 1.82) is 0 Å². The molecule has 0 aliphatic carbocycles. The second-order valence-corrected chi connectivity index (χ2v) is 4.57. The van der Waals surface area contributed by atoms with Gasteiger partial charge in [-0.05, 0) is 37.4 Å². The van der Waals surface area contributed by atoms with Gasteiger partial charge in [-0.15, -0.1) is 0 Å².